The van der Waals surface area contributed by atoms with Crippen molar-refractivity contribution < 1.29 is 28.2 Å². The Morgan fingerprint density at radius 3 is 2.21 bits per heavy atom. The Kier molecular flexibility index (Phi) is 7.91. The molecule has 0 aliphatic carbocycles. The summed E-state index contributed by atoms with van der Waals surface area (Å²) in [7, 11) is 0. The van der Waals surface area contributed by atoms with Crippen LogP contribution in [0.2, 0.25) is 0 Å². The van der Waals surface area contributed by atoms with Crippen LogP contribution in [0.15, 0.2) is 71.5 Å². The summed E-state index contributed by atoms with van der Waals surface area (Å²) < 4.78 is 39.4. The van der Waals surface area contributed by atoms with Gasteiger partial charge in [0.2, 0.25) is 0 Å². The van der Waals surface area contributed by atoms with Crippen molar-refractivity contribution in [2.24, 2.45) is 5.92 Å². The summed E-state index contributed by atoms with van der Waals surface area (Å²) in [5, 5.41) is 28.6. The molecule has 0 saturated carbocycles. The van der Waals surface area contributed by atoms with Gasteiger partial charge in [-0.25, -0.2) is 4.68 Å². The average Bonchev–Trinajstić information content (AvgIpc) is 2.88. The molecule has 0 unspecified atom stereocenters. The number of aliphatic hydroxyl groups is 1. The second-order valence-corrected chi connectivity index (χ2v) is 9.25. The molecule has 0 aliphatic heterocycles. The normalized spacial score (nSPS) is 13.4. The zero-order chi connectivity index (χ0) is 27.4. The van der Waals surface area contributed by atoms with Crippen LogP contribution in [0.4, 0.5) is 13.2 Å². The standard InChI is InChI=1S/C28H26F3N3O4/c1-17-2-12-22-24(16-17)32-33-34(26(22)36)15-14-23(27(37)38)25(35)13-5-18-3-6-19(7-4-18)20-8-10-21(11-9-20)28(29,30)31/h2-4,6-12,16,23,25,35H,5,13-15H2,1H3,(H,37,38)/t23-,25+/m0/s1. The van der Waals surface area contributed by atoms with Crippen molar-refractivity contribution in [2.75, 3.05) is 0 Å². The highest BCUT2D eigenvalue weighted by Gasteiger charge is 2.30. The van der Waals surface area contributed by atoms with E-state index in [0.29, 0.717) is 22.9 Å². The zero-order valence-corrected chi connectivity index (χ0v) is 20.5. The fraction of sp³-hybridized carbons (Fsp3) is 0.286. The molecule has 0 aliphatic rings. The van der Waals surface area contributed by atoms with E-state index < -0.39 is 29.7 Å². The summed E-state index contributed by atoms with van der Waals surface area (Å²) in [5.74, 6) is -2.28. The number of carboxylic acids is 1. The Morgan fingerprint density at radius 2 is 1.61 bits per heavy atom. The highest BCUT2D eigenvalue weighted by molar-refractivity contribution is 5.77. The van der Waals surface area contributed by atoms with Gasteiger partial charge in [-0.05, 0) is 72.7 Å². The van der Waals surface area contributed by atoms with Crippen LogP contribution in [0.1, 0.15) is 29.5 Å². The number of hydrogen-bond acceptors (Lipinski definition) is 5. The topological polar surface area (TPSA) is 105 Å². The Bertz CT molecular complexity index is 1480. The Hall–Kier alpha value is -4.05. The van der Waals surface area contributed by atoms with Gasteiger partial charge in [-0.1, -0.05) is 47.7 Å². The second kappa shape index (κ2) is 11.1. The molecule has 4 rings (SSSR count). The van der Waals surface area contributed by atoms with Gasteiger partial charge in [0.1, 0.15) is 5.52 Å². The van der Waals surface area contributed by atoms with Gasteiger partial charge >= 0.3 is 12.1 Å². The van der Waals surface area contributed by atoms with E-state index >= 15 is 0 Å². The van der Waals surface area contributed by atoms with Gasteiger partial charge in [0.15, 0.2) is 0 Å². The molecule has 10 heteroatoms. The number of benzene rings is 3. The molecule has 4 aromatic rings. The summed E-state index contributed by atoms with van der Waals surface area (Å²) in [6.45, 7) is 1.87. The van der Waals surface area contributed by atoms with Gasteiger partial charge < -0.3 is 10.2 Å². The van der Waals surface area contributed by atoms with Crippen molar-refractivity contribution in [3.63, 3.8) is 0 Å². The minimum atomic E-state index is -4.39. The summed E-state index contributed by atoms with van der Waals surface area (Å²) in [5.41, 5.74) is 2.53. The van der Waals surface area contributed by atoms with Crippen LogP contribution in [0.5, 0.6) is 0 Å². The third-order valence-electron chi connectivity index (χ3n) is 6.54. The third kappa shape index (κ3) is 6.25. The van der Waals surface area contributed by atoms with Crippen molar-refractivity contribution >= 4 is 16.9 Å². The molecule has 0 spiro atoms. The molecule has 0 amide bonds. The molecule has 2 atom stereocenters. The van der Waals surface area contributed by atoms with E-state index in [9.17, 15) is 33.0 Å². The quantitative estimate of drug-likeness (QED) is 0.323. The predicted octanol–water partition coefficient (Wildman–Crippen LogP) is 4.87. The first kappa shape index (κ1) is 27.0. The number of hydrogen-bond donors (Lipinski definition) is 2. The van der Waals surface area contributed by atoms with Crippen LogP contribution in [0.3, 0.4) is 0 Å². The minimum absolute atomic E-state index is 0.00465. The Labute approximate surface area is 216 Å². The van der Waals surface area contributed by atoms with E-state index in [1.54, 1.807) is 42.5 Å². The van der Waals surface area contributed by atoms with Gasteiger partial charge in [0.25, 0.3) is 5.56 Å². The lowest BCUT2D eigenvalue weighted by Gasteiger charge is -2.19. The van der Waals surface area contributed by atoms with Crippen molar-refractivity contribution in [1.82, 2.24) is 15.0 Å². The Morgan fingerprint density at radius 1 is 0.974 bits per heavy atom. The number of carbonyl (C=O) groups is 1. The Balaban J connectivity index is 1.37. The molecular weight excluding hydrogens is 499 g/mol. The number of rotatable bonds is 9. The van der Waals surface area contributed by atoms with Gasteiger partial charge in [-0.15, -0.1) is 5.10 Å². The first-order chi connectivity index (χ1) is 18.0. The smallest absolute Gasteiger partial charge is 0.416 e. The molecule has 0 radical (unpaired) electrons. The largest absolute Gasteiger partial charge is 0.481 e. The number of nitrogens with zero attached hydrogens (tertiary/aromatic N) is 3. The molecule has 1 heterocycles. The van der Waals surface area contributed by atoms with Crippen molar-refractivity contribution in [3.8, 4) is 11.1 Å². The number of aryl methyl sites for hydroxylation is 3. The maximum Gasteiger partial charge on any atom is 0.416 e. The van der Waals surface area contributed by atoms with Crippen molar-refractivity contribution in [2.45, 2.75) is 45.0 Å². The van der Waals surface area contributed by atoms with Crippen LogP contribution in [-0.2, 0) is 23.9 Å². The number of aliphatic hydroxyl groups excluding tert-OH is 1. The van der Waals surface area contributed by atoms with E-state index in [2.05, 4.69) is 10.3 Å². The van der Waals surface area contributed by atoms with Crippen LogP contribution < -0.4 is 5.56 Å². The lowest BCUT2D eigenvalue weighted by Crippen LogP contribution is -2.32. The van der Waals surface area contributed by atoms with Gasteiger partial charge in [-0.3, -0.25) is 9.59 Å². The molecule has 0 bridgehead atoms. The first-order valence-corrected chi connectivity index (χ1v) is 12.0. The maximum absolute atomic E-state index is 12.8. The molecule has 0 saturated heterocycles. The molecule has 2 N–H and O–H groups in total. The average molecular weight is 526 g/mol. The summed E-state index contributed by atoms with van der Waals surface area (Å²) in [6, 6.07) is 17.2. The van der Waals surface area contributed by atoms with Gasteiger partial charge in [-0.2, -0.15) is 13.2 Å². The minimum Gasteiger partial charge on any atom is -0.481 e. The lowest BCUT2D eigenvalue weighted by atomic mass is 9.93. The van der Waals surface area contributed by atoms with Crippen molar-refractivity contribution in [1.29, 1.82) is 0 Å². The molecule has 3 aromatic carbocycles. The lowest BCUT2D eigenvalue weighted by molar-refractivity contribution is -0.146. The summed E-state index contributed by atoms with van der Waals surface area (Å²) in [6.07, 6.45) is -4.99. The molecule has 1 aromatic heterocycles. The summed E-state index contributed by atoms with van der Waals surface area (Å²) in [4.78, 5) is 24.5. The van der Waals surface area contributed by atoms with E-state index in [0.717, 1.165) is 33.5 Å². The van der Waals surface area contributed by atoms with Crippen LogP contribution in [0.25, 0.3) is 22.0 Å². The van der Waals surface area contributed by atoms with Crippen molar-refractivity contribution in [3.05, 3.63) is 93.8 Å². The number of aliphatic carboxylic acids is 1. The number of halogens is 3. The molecule has 198 valence electrons. The fourth-order valence-corrected chi connectivity index (χ4v) is 4.31. The van der Waals surface area contributed by atoms with Crippen LogP contribution in [0, 0.1) is 12.8 Å². The van der Waals surface area contributed by atoms with Crippen LogP contribution >= 0.6 is 0 Å². The SMILES string of the molecule is Cc1ccc2c(=O)n(CC[C@H](C(=O)O)[C@H](O)CCc3ccc(-c4ccc(C(F)(F)F)cc4)cc3)nnc2c1. The zero-order valence-electron chi connectivity index (χ0n) is 20.5. The molecule has 38 heavy (non-hydrogen) atoms. The highest BCUT2D eigenvalue weighted by atomic mass is 19.4. The molecule has 7 nitrogen and oxygen atoms in total. The number of alkyl halides is 3. The van der Waals surface area contributed by atoms with Crippen LogP contribution in [-0.4, -0.2) is 37.3 Å². The number of fused-ring (bicyclic) bond motifs is 1. The van der Waals surface area contributed by atoms with E-state index in [1.807, 2.05) is 6.92 Å². The van der Waals surface area contributed by atoms with Gasteiger partial charge in [0.05, 0.1) is 23.0 Å². The number of carboxylic acid groups (broad SMARTS) is 1. The maximum atomic E-state index is 12.8. The van der Waals surface area contributed by atoms with E-state index in [-0.39, 0.29) is 24.9 Å². The monoisotopic (exact) mass is 525 g/mol. The highest BCUT2D eigenvalue weighted by Crippen LogP contribution is 2.31. The second-order valence-electron chi connectivity index (χ2n) is 9.25. The molecule has 0 fully saturated rings. The molecular formula is C28H26F3N3O4. The van der Waals surface area contributed by atoms with E-state index in [4.69, 9.17) is 0 Å². The predicted molar refractivity (Wildman–Crippen MR) is 135 cm³/mol. The van der Waals surface area contributed by atoms with Gasteiger partial charge in [0, 0.05) is 6.54 Å². The first-order valence-electron chi connectivity index (χ1n) is 12.0. The van der Waals surface area contributed by atoms with E-state index in [1.165, 1.54) is 12.1 Å². The number of aromatic nitrogens is 3. The summed E-state index contributed by atoms with van der Waals surface area (Å²) >= 11 is 0. The third-order valence-corrected chi connectivity index (χ3v) is 6.54. The fourth-order valence-electron chi connectivity index (χ4n) is 4.31.